The molecule has 0 unspecified atom stereocenters. The Kier molecular flexibility index (Phi) is 5.26. The topological polar surface area (TPSA) is 90.7 Å². The Labute approximate surface area is 189 Å². The van der Waals surface area contributed by atoms with Crippen LogP contribution in [0.1, 0.15) is 11.1 Å². The summed E-state index contributed by atoms with van der Waals surface area (Å²) in [4.78, 5) is 4.36. The normalized spacial score (nSPS) is 12.7. The van der Waals surface area contributed by atoms with E-state index >= 15 is 0 Å². The van der Waals surface area contributed by atoms with Crippen molar-refractivity contribution in [2.24, 2.45) is 0 Å². The van der Waals surface area contributed by atoms with Crippen molar-refractivity contribution in [2.45, 2.75) is 23.4 Å². The van der Waals surface area contributed by atoms with Crippen LogP contribution in [0.5, 0.6) is 11.5 Å². The van der Waals surface area contributed by atoms with Gasteiger partial charge in [0.15, 0.2) is 11.5 Å². The number of halogens is 1. The van der Waals surface area contributed by atoms with E-state index in [1.165, 1.54) is 36.4 Å². The fourth-order valence-electron chi connectivity index (χ4n) is 3.38. The molecule has 0 fully saturated rings. The summed E-state index contributed by atoms with van der Waals surface area (Å²) in [5.74, 6) is 0.909. The number of fused-ring (bicyclic) bond motifs is 1. The van der Waals surface area contributed by atoms with Crippen molar-refractivity contribution in [3.8, 4) is 23.0 Å². The van der Waals surface area contributed by atoms with Crippen LogP contribution < -0.4 is 14.8 Å². The predicted octanol–water partition coefficient (Wildman–Crippen LogP) is 4.96. The van der Waals surface area contributed by atoms with Crippen LogP contribution in [0.2, 0.25) is 0 Å². The summed E-state index contributed by atoms with van der Waals surface area (Å²) in [5.41, 5.74) is 2.22. The number of hydrogen-bond donors (Lipinski definition) is 1. The maximum Gasteiger partial charge on any atom is 0.234 e. The fourth-order valence-corrected chi connectivity index (χ4v) is 4.66. The molecule has 0 radical (unpaired) electrons. The average Bonchev–Trinajstić information content (AvgIpc) is 3.45. The molecule has 5 rings (SSSR count). The zero-order valence-electron chi connectivity index (χ0n) is 17.5. The van der Waals surface area contributed by atoms with Gasteiger partial charge in [-0.3, -0.25) is 0 Å². The standard InChI is InChI=1S/C24H19FN2O5S/c1-15-2-9-19(10-3-15)33(28,29)24-23(32-22(27-24)17-5-7-18(25)8-6-17)26-13-16-4-11-20-21(12-16)31-14-30-20/h2-12,26H,13-14H2,1H3. The Balaban J connectivity index is 1.52. The van der Waals surface area contributed by atoms with Crippen LogP contribution in [0.3, 0.4) is 0 Å². The summed E-state index contributed by atoms with van der Waals surface area (Å²) in [6.45, 7) is 2.29. The number of sulfone groups is 1. The maximum atomic E-state index is 13.4. The minimum Gasteiger partial charge on any atom is -0.454 e. The lowest BCUT2D eigenvalue weighted by molar-refractivity contribution is 0.174. The molecule has 168 valence electrons. The van der Waals surface area contributed by atoms with Crippen molar-refractivity contribution < 1.29 is 26.7 Å². The summed E-state index contributed by atoms with van der Waals surface area (Å²) < 4.78 is 56.6. The summed E-state index contributed by atoms with van der Waals surface area (Å²) >= 11 is 0. The van der Waals surface area contributed by atoms with Crippen molar-refractivity contribution >= 4 is 15.7 Å². The minimum atomic E-state index is -3.98. The van der Waals surface area contributed by atoms with E-state index in [9.17, 15) is 12.8 Å². The highest BCUT2D eigenvalue weighted by atomic mass is 32.2. The van der Waals surface area contributed by atoms with Crippen LogP contribution in [0.4, 0.5) is 10.3 Å². The van der Waals surface area contributed by atoms with E-state index in [0.717, 1.165) is 11.1 Å². The molecule has 7 nitrogen and oxygen atoms in total. The van der Waals surface area contributed by atoms with Crippen LogP contribution in [-0.2, 0) is 16.4 Å². The molecule has 0 bridgehead atoms. The van der Waals surface area contributed by atoms with E-state index < -0.39 is 15.7 Å². The van der Waals surface area contributed by atoms with Crippen molar-refractivity contribution in [3.63, 3.8) is 0 Å². The molecule has 0 amide bonds. The van der Waals surface area contributed by atoms with Gasteiger partial charge < -0.3 is 19.2 Å². The first-order valence-corrected chi connectivity index (χ1v) is 11.6. The number of aryl methyl sites for hydroxylation is 1. The summed E-state index contributed by atoms with van der Waals surface area (Å²) in [5, 5.41) is 2.79. The number of nitrogens with one attached hydrogen (secondary N) is 1. The molecule has 2 heterocycles. The number of hydrogen-bond acceptors (Lipinski definition) is 7. The average molecular weight is 466 g/mol. The smallest absolute Gasteiger partial charge is 0.234 e. The highest BCUT2D eigenvalue weighted by Gasteiger charge is 2.28. The maximum absolute atomic E-state index is 13.4. The summed E-state index contributed by atoms with van der Waals surface area (Å²) in [6.07, 6.45) is 0. The van der Waals surface area contributed by atoms with Gasteiger partial charge in [0.2, 0.25) is 33.4 Å². The lowest BCUT2D eigenvalue weighted by atomic mass is 10.2. The molecule has 0 saturated heterocycles. The highest BCUT2D eigenvalue weighted by molar-refractivity contribution is 7.91. The number of benzene rings is 3. The SMILES string of the molecule is Cc1ccc(S(=O)(=O)c2nc(-c3ccc(F)cc3)oc2NCc2ccc3c(c2)OCO3)cc1. The molecule has 1 aliphatic rings. The molecular formula is C24H19FN2O5S. The van der Waals surface area contributed by atoms with E-state index in [2.05, 4.69) is 10.3 Å². The van der Waals surface area contributed by atoms with Gasteiger partial charge in [-0.1, -0.05) is 23.8 Å². The highest BCUT2D eigenvalue weighted by Crippen LogP contribution is 2.35. The third kappa shape index (κ3) is 4.14. The van der Waals surface area contributed by atoms with E-state index in [-0.39, 0.29) is 35.0 Å². The van der Waals surface area contributed by atoms with Crippen LogP contribution in [0, 0.1) is 12.7 Å². The van der Waals surface area contributed by atoms with Gasteiger partial charge in [-0.05, 0) is 61.0 Å². The predicted molar refractivity (Wildman–Crippen MR) is 118 cm³/mol. The third-order valence-electron chi connectivity index (χ3n) is 5.16. The molecular weight excluding hydrogens is 447 g/mol. The van der Waals surface area contributed by atoms with E-state index in [4.69, 9.17) is 13.9 Å². The molecule has 1 aromatic heterocycles. The first kappa shape index (κ1) is 21.0. The zero-order chi connectivity index (χ0) is 23.0. The quantitative estimate of drug-likeness (QED) is 0.429. The lowest BCUT2D eigenvalue weighted by Crippen LogP contribution is -2.07. The first-order chi connectivity index (χ1) is 15.9. The summed E-state index contributed by atoms with van der Waals surface area (Å²) in [6, 6.07) is 17.4. The number of aromatic nitrogens is 1. The van der Waals surface area contributed by atoms with E-state index in [1.807, 2.05) is 13.0 Å². The molecule has 33 heavy (non-hydrogen) atoms. The Hall–Kier alpha value is -3.85. The van der Waals surface area contributed by atoms with Crippen molar-refractivity contribution in [2.75, 3.05) is 12.1 Å². The molecule has 0 aliphatic carbocycles. The van der Waals surface area contributed by atoms with Gasteiger partial charge in [0.25, 0.3) is 0 Å². The molecule has 4 aromatic rings. The van der Waals surface area contributed by atoms with Gasteiger partial charge in [-0.2, -0.15) is 4.98 Å². The second kappa shape index (κ2) is 8.25. The van der Waals surface area contributed by atoms with Gasteiger partial charge in [0, 0.05) is 12.1 Å². The van der Waals surface area contributed by atoms with Crippen LogP contribution in [0.15, 0.2) is 81.1 Å². The zero-order valence-corrected chi connectivity index (χ0v) is 18.4. The van der Waals surface area contributed by atoms with Gasteiger partial charge in [-0.15, -0.1) is 0 Å². The second-order valence-corrected chi connectivity index (χ2v) is 9.38. The monoisotopic (exact) mass is 466 g/mol. The van der Waals surface area contributed by atoms with Crippen molar-refractivity contribution in [3.05, 3.63) is 83.7 Å². The lowest BCUT2D eigenvalue weighted by Gasteiger charge is -2.07. The molecule has 1 N–H and O–H groups in total. The largest absolute Gasteiger partial charge is 0.454 e. The van der Waals surface area contributed by atoms with Crippen LogP contribution in [0.25, 0.3) is 11.5 Å². The Morgan fingerprint density at radius 3 is 2.45 bits per heavy atom. The summed E-state index contributed by atoms with van der Waals surface area (Å²) in [7, 11) is -3.98. The third-order valence-corrected chi connectivity index (χ3v) is 6.84. The Bertz CT molecular complexity index is 1410. The fraction of sp³-hybridized carbons (Fsp3) is 0.125. The van der Waals surface area contributed by atoms with Gasteiger partial charge in [0.05, 0.1) is 4.90 Å². The molecule has 0 saturated carbocycles. The second-order valence-electron chi connectivity index (χ2n) is 7.52. The van der Waals surface area contributed by atoms with E-state index in [0.29, 0.717) is 17.1 Å². The minimum absolute atomic E-state index is 0.00688. The number of ether oxygens (including phenoxy) is 2. The van der Waals surface area contributed by atoms with Crippen LogP contribution in [-0.4, -0.2) is 20.2 Å². The number of nitrogens with zero attached hydrogens (tertiary/aromatic N) is 1. The number of oxazole rings is 1. The van der Waals surface area contributed by atoms with Crippen molar-refractivity contribution in [1.82, 2.24) is 4.98 Å². The van der Waals surface area contributed by atoms with Crippen molar-refractivity contribution in [1.29, 1.82) is 0 Å². The molecule has 9 heteroatoms. The molecule has 1 aliphatic heterocycles. The number of anilines is 1. The molecule has 0 atom stereocenters. The molecule has 3 aromatic carbocycles. The Morgan fingerprint density at radius 2 is 1.70 bits per heavy atom. The van der Waals surface area contributed by atoms with Crippen LogP contribution >= 0.6 is 0 Å². The van der Waals surface area contributed by atoms with Gasteiger partial charge in [-0.25, -0.2) is 12.8 Å². The number of rotatable bonds is 6. The first-order valence-electron chi connectivity index (χ1n) is 10.1. The van der Waals surface area contributed by atoms with Gasteiger partial charge in [0.1, 0.15) is 5.82 Å². The van der Waals surface area contributed by atoms with E-state index in [1.54, 1.807) is 24.3 Å². The Morgan fingerprint density at radius 1 is 0.970 bits per heavy atom. The molecule has 0 spiro atoms. The van der Waals surface area contributed by atoms with Gasteiger partial charge >= 0.3 is 0 Å².